The SMILES string of the molecule is Cc1cccc(C)c1OCc1cc(CSC(F)(F)F)ccc1Br. The summed E-state index contributed by atoms with van der Waals surface area (Å²) in [7, 11) is 0. The molecule has 0 aliphatic carbocycles. The van der Waals surface area contributed by atoms with Gasteiger partial charge in [0.05, 0.1) is 0 Å². The van der Waals surface area contributed by atoms with Crippen molar-refractivity contribution in [2.75, 3.05) is 0 Å². The summed E-state index contributed by atoms with van der Waals surface area (Å²) in [5, 5.41) is 0. The number of alkyl halides is 3. The fourth-order valence-electron chi connectivity index (χ4n) is 2.17. The maximum atomic E-state index is 12.3. The summed E-state index contributed by atoms with van der Waals surface area (Å²) in [6, 6.07) is 11.1. The highest BCUT2D eigenvalue weighted by Crippen LogP contribution is 2.34. The van der Waals surface area contributed by atoms with Crippen molar-refractivity contribution in [3.05, 3.63) is 63.1 Å². The molecule has 1 nitrogen and oxygen atoms in total. The highest BCUT2D eigenvalue weighted by atomic mass is 79.9. The molecule has 0 aliphatic rings. The Morgan fingerprint density at radius 1 is 1.09 bits per heavy atom. The summed E-state index contributed by atoms with van der Waals surface area (Å²) in [6.07, 6.45) is 0. The molecule has 0 saturated carbocycles. The minimum atomic E-state index is -4.22. The third kappa shape index (κ3) is 5.46. The Bertz CT molecular complexity index is 666. The number of para-hydroxylation sites is 1. The van der Waals surface area contributed by atoms with Gasteiger partial charge in [0.2, 0.25) is 0 Å². The van der Waals surface area contributed by atoms with E-state index in [0.717, 1.165) is 26.9 Å². The number of ether oxygens (including phenoxy) is 1. The van der Waals surface area contributed by atoms with Crippen molar-refractivity contribution in [3.8, 4) is 5.75 Å². The molecule has 0 saturated heterocycles. The Kier molecular flexibility index (Phi) is 6.03. The normalized spacial score (nSPS) is 11.6. The number of rotatable bonds is 5. The smallest absolute Gasteiger partial charge is 0.442 e. The van der Waals surface area contributed by atoms with E-state index in [4.69, 9.17) is 4.74 Å². The summed E-state index contributed by atoms with van der Waals surface area (Å²) in [4.78, 5) is 0. The van der Waals surface area contributed by atoms with Gasteiger partial charge in [0.1, 0.15) is 12.4 Å². The highest BCUT2D eigenvalue weighted by molar-refractivity contribution is 9.10. The van der Waals surface area contributed by atoms with Gasteiger partial charge in [-0.2, -0.15) is 13.2 Å². The van der Waals surface area contributed by atoms with E-state index in [9.17, 15) is 13.2 Å². The largest absolute Gasteiger partial charge is 0.488 e. The first kappa shape index (κ1) is 18.2. The first-order valence-corrected chi connectivity index (χ1v) is 8.71. The predicted octanol–water partition coefficient (Wildman–Crippen LogP) is 6.40. The molecular weight excluding hydrogens is 389 g/mol. The summed E-state index contributed by atoms with van der Waals surface area (Å²) in [6.45, 7) is 4.23. The fraction of sp³-hybridized carbons (Fsp3) is 0.294. The van der Waals surface area contributed by atoms with Crippen LogP contribution in [0.15, 0.2) is 40.9 Å². The van der Waals surface area contributed by atoms with Crippen molar-refractivity contribution in [2.24, 2.45) is 0 Å². The van der Waals surface area contributed by atoms with Crippen LogP contribution >= 0.6 is 27.7 Å². The Labute approximate surface area is 146 Å². The average molecular weight is 405 g/mol. The van der Waals surface area contributed by atoms with Gasteiger partial charge >= 0.3 is 5.51 Å². The minimum Gasteiger partial charge on any atom is -0.488 e. The zero-order valence-corrected chi connectivity index (χ0v) is 15.1. The Morgan fingerprint density at radius 3 is 2.35 bits per heavy atom. The van der Waals surface area contributed by atoms with Gasteiger partial charge in [-0.15, -0.1) is 0 Å². The molecule has 0 aromatic heterocycles. The van der Waals surface area contributed by atoms with Crippen LogP contribution in [0.1, 0.15) is 22.3 Å². The van der Waals surface area contributed by atoms with Crippen molar-refractivity contribution in [1.82, 2.24) is 0 Å². The van der Waals surface area contributed by atoms with E-state index in [-0.39, 0.29) is 17.5 Å². The molecule has 0 unspecified atom stereocenters. The van der Waals surface area contributed by atoms with Crippen LogP contribution in [0, 0.1) is 13.8 Å². The van der Waals surface area contributed by atoms with Crippen molar-refractivity contribution in [3.63, 3.8) is 0 Å². The van der Waals surface area contributed by atoms with E-state index in [1.54, 1.807) is 18.2 Å². The number of halogens is 4. The Hall–Kier alpha value is -1.14. The third-order valence-corrected chi connectivity index (χ3v) is 4.87. The molecule has 124 valence electrons. The summed E-state index contributed by atoms with van der Waals surface area (Å²) < 4.78 is 43.6. The third-order valence-electron chi connectivity index (χ3n) is 3.29. The molecule has 0 fully saturated rings. The van der Waals surface area contributed by atoms with Gasteiger partial charge < -0.3 is 4.74 Å². The minimum absolute atomic E-state index is 0.0355. The standard InChI is InChI=1S/C17H16BrF3OS/c1-11-4-3-5-12(2)16(11)22-9-14-8-13(6-7-15(14)18)10-23-17(19,20)21/h3-8H,9-10H2,1-2H3. The van der Waals surface area contributed by atoms with Crippen molar-refractivity contribution in [2.45, 2.75) is 31.7 Å². The van der Waals surface area contributed by atoms with Crippen LogP contribution in [0.2, 0.25) is 0 Å². The predicted molar refractivity (Wildman–Crippen MR) is 91.7 cm³/mol. The quantitative estimate of drug-likeness (QED) is 0.570. The molecule has 23 heavy (non-hydrogen) atoms. The first-order chi connectivity index (χ1) is 10.8. The van der Waals surface area contributed by atoms with Gasteiger partial charge in [0.15, 0.2) is 0 Å². The number of thioether (sulfide) groups is 1. The molecular formula is C17H16BrF3OS. The Morgan fingerprint density at radius 2 is 1.74 bits per heavy atom. The van der Waals surface area contributed by atoms with Gasteiger partial charge in [-0.25, -0.2) is 0 Å². The van der Waals surface area contributed by atoms with E-state index in [2.05, 4.69) is 15.9 Å². The second-order valence-corrected chi connectivity index (χ2v) is 7.06. The number of hydrogen-bond donors (Lipinski definition) is 0. The lowest BCUT2D eigenvalue weighted by Gasteiger charge is -2.14. The number of hydrogen-bond acceptors (Lipinski definition) is 2. The summed E-state index contributed by atoms with van der Waals surface area (Å²) in [5.74, 6) is 0.710. The summed E-state index contributed by atoms with van der Waals surface area (Å²) in [5.41, 5.74) is -0.708. The van der Waals surface area contributed by atoms with Crippen LogP contribution in [0.3, 0.4) is 0 Å². The van der Waals surface area contributed by atoms with Crippen LogP contribution in [0.5, 0.6) is 5.75 Å². The fourth-order valence-corrected chi connectivity index (χ4v) is 3.04. The van der Waals surface area contributed by atoms with Crippen molar-refractivity contribution in [1.29, 1.82) is 0 Å². The maximum Gasteiger partial charge on any atom is 0.442 e. The van der Waals surface area contributed by atoms with Gasteiger partial charge in [0.25, 0.3) is 0 Å². The molecule has 2 aromatic carbocycles. The van der Waals surface area contributed by atoms with Crippen LogP contribution < -0.4 is 4.74 Å². The monoisotopic (exact) mass is 404 g/mol. The molecule has 2 aromatic rings. The molecule has 0 spiro atoms. The lowest BCUT2D eigenvalue weighted by molar-refractivity contribution is -0.0329. The first-order valence-electron chi connectivity index (χ1n) is 6.93. The van der Waals surface area contributed by atoms with Crippen LogP contribution in [0.25, 0.3) is 0 Å². The molecule has 0 bridgehead atoms. The molecule has 0 radical (unpaired) electrons. The molecule has 2 rings (SSSR count). The topological polar surface area (TPSA) is 9.23 Å². The number of aryl methyl sites for hydroxylation is 2. The van der Waals surface area contributed by atoms with Crippen molar-refractivity contribution >= 4 is 27.7 Å². The molecule has 0 aliphatic heterocycles. The molecule has 0 N–H and O–H groups in total. The Balaban J connectivity index is 2.10. The average Bonchev–Trinajstić information content (AvgIpc) is 2.46. The lowest BCUT2D eigenvalue weighted by Crippen LogP contribution is -2.02. The zero-order chi connectivity index (χ0) is 17.0. The second kappa shape index (κ2) is 7.62. The lowest BCUT2D eigenvalue weighted by atomic mass is 10.1. The summed E-state index contributed by atoms with van der Waals surface area (Å²) >= 11 is 3.39. The highest BCUT2D eigenvalue weighted by Gasteiger charge is 2.27. The molecule has 0 heterocycles. The number of benzene rings is 2. The maximum absolute atomic E-state index is 12.3. The second-order valence-electron chi connectivity index (χ2n) is 5.17. The van der Waals surface area contributed by atoms with E-state index in [0.29, 0.717) is 12.2 Å². The zero-order valence-electron chi connectivity index (χ0n) is 12.7. The van der Waals surface area contributed by atoms with Crippen LogP contribution in [-0.2, 0) is 12.4 Å². The van der Waals surface area contributed by atoms with E-state index >= 15 is 0 Å². The van der Waals surface area contributed by atoms with E-state index in [1.165, 1.54) is 0 Å². The van der Waals surface area contributed by atoms with Gasteiger partial charge in [-0.1, -0.05) is 46.3 Å². The van der Waals surface area contributed by atoms with E-state index < -0.39 is 5.51 Å². The van der Waals surface area contributed by atoms with Gasteiger partial charge in [-0.3, -0.25) is 0 Å². The van der Waals surface area contributed by atoms with Gasteiger partial charge in [0, 0.05) is 15.8 Å². The van der Waals surface area contributed by atoms with Crippen LogP contribution in [-0.4, -0.2) is 5.51 Å². The van der Waals surface area contributed by atoms with E-state index in [1.807, 2.05) is 32.0 Å². The van der Waals surface area contributed by atoms with Crippen LogP contribution in [0.4, 0.5) is 13.2 Å². The molecule has 0 atom stereocenters. The van der Waals surface area contributed by atoms with Gasteiger partial charge in [-0.05, 0) is 48.4 Å². The molecule has 0 amide bonds. The van der Waals surface area contributed by atoms with Crippen molar-refractivity contribution < 1.29 is 17.9 Å². The molecule has 6 heteroatoms.